The Kier molecular flexibility index (Phi) is 5.70. The van der Waals surface area contributed by atoms with Gasteiger partial charge >= 0.3 is 5.23 Å². The molecule has 2 aromatic rings. The predicted octanol–water partition coefficient (Wildman–Crippen LogP) is 0.865. The molecule has 1 heterocycles. The van der Waals surface area contributed by atoms with E-state index in [1.807, 2.05) is 24.7 Å². The third kappa shape index (κ3) is 3.61. The molecule has 1 fully saturated rings. The molecular formula is C17H18INOS. The summed E-state index contributed by atoms with van der Waals surface area (Å²) in [6.07, 6.45) is 0.0704. The average Bonchev–Trinajstić information content (AvgIpc) is 2.94. The minimum atomic E-state index is 0. The molecule has 0 spiro atoms. The van der Waals surface area contributed by atoms with Crippen LogP contribution in [0.3, 0.4) is 0 Å². The van der Waals surface area contributed by atoms with Gasteiger partial charge in [0, 0.05) is 0 Å². The van der Waals surface area contributed by atoms with E-state index in [9.17, 15) is 0 Å². The van der Waals surface area contributed by atoms with Crippen LogP contribution < -0.4 is 24.0 Å². The number of ether oxygens (including phenoxy) is 1. The van der Waals surface area contributed by atoms with E-state index in [1.54, 1.807) is 11.8 Å². The van der Waals surface area contributed by atoms with Gasteiger partial charge in [-0.15, -0.1) is 0 Å². The van der Waals surface area contributed by atoms with Crippen molar-refractivity contribution in [3.8, 4) is 0 Å². The minimum absolute atomic E-state index is 0. The van der Waals surface area contributed by atoms with Crippen molar-refractivity contribution in [1.29, 1.82) is 0 Å². The first-order valence-corrected chi connectivity index (χ1v) is 7.61. The van der Waals surface area contributed by atoms with Crippen molar-refractivity contribution in [3.63, 3.8) is 0 Å². The molecule has 0 aromatic heterocycles. The largest absolute Gasteiger partial charge is 1.00 e. The predicted molar refractivity (Wildman–Crippen MR) is 84.2 cm³/mol. The number of nitrogens with zero attached hydrogens (tertiary/aromatic N) is 1. The molecule has 1 saturated heterocycles. The Morgan fingerprint density at radius 3 is 1.90 bits per heavy atom. The highest BCUT2D eigenvalue weighted by atomic mass is 127. The summed E-state index contributed by atoms with van der Waals surface area (Å²) in [5, 5.41) is 1.28. The Morgan fingerprint density at radius 1 is 0.857 bits per heavy atom. The second-order valence-electron chi connectivity index (χ2n) is 5.06. The third-order valence-electron chi connectivity index (χ3n) is 3.35. The van der Waals surface area contributed by atoms with Crippen LogP contribution in [-0.4, -0.2) is 23.9 Å². The van der Waals surface area contributed by atoms with Crippen LogP contribution in [0.25, 0.3) is 0 Å². The maximum atomic E-state index is 6.18. The van der Waals surface area contributed by atoms with E-state index in [0.29, 0.717) is 5.25 Å². The summed E-state index contributed by atoms with van der Waals surface area (Å²) in [7, 11) is 4.05. The summed E-state index contributed by atoms with van der Waals surface area (Å²) >= 11 is 1.80. The SMILES string of the molecule is C[N+](C)=C1OC(c2ccccc2)C(c2ccccc2)S1.[I-]. The van der Waals surface area contributed by atoms with E-state index in [1.165, 1.54) is 11.1 Å². The van der Waals surface area contributed by atoms with E-state index >= 15 is 0 Å². The standard InChI is InChI=1S/C17H18NOS.HI/c1-18(2)17-19-15(13-9-5-3-6-10-13)16(20-17)14-11-7-4-8-12-14;/h3-12,15-16H,1-2H3;1H/q+1;/p-1. The highest BCUT2D eigenvalue weighted by Crippen LogP contribution is 2.49. The van der Waals surface area contributed by atoms with Gasteiger partial charge in [0.25, 0.3) is 0 Å². The molecule has 2 unspecified atom stereocenters. The summed E-state index contributed by atoms with van der Waals surface area (Å²) in [6, 6.07) is 21.0. The van der Waals surface area contributed by atoms with Crippen molar-refractivity contribution >= 4 is 17.0 Å². The second-order valence-corrected chi connectivity index (χ2v) is 6.15. The zero-order valence-electron chi connectivity index (χ0n) is 12.1. The fourth-order valence-electron chi connectivity index (χ4n) is 2.35. The van der Waals surface area contributed by atoms with Gasteiger partial charge in [-0.1, -0.05) is 60.7 Å². The van der Waals surface area contributed by atoms with Gasteiger partial charge in [0.1, 0.15) is 20.2 Å². The van der Waals surface area contributed by atoms with Crippen LogP contribution in [0.1, 0.15) is 22.5 Å². The molecule has 0 saturated carbocycles. The van der Waals surface area contributed by atoms with Crippen LogP contribution in [0.15, 0.2) is 60.7 Å². The highest BCUT2D eigenvalue weighted by Gasteiger charge is 2.40. The van der Waals surface area contributed by atoms with Crippen LogP contribution in [0, 0.1) is 0 Å². The summed E-state index contributed by atoms with van der Waals surface area (Å²) in [5.74, 6) is 0. The van der Waals surface area contributed by atoms with Crippen LogP contribution in [0.4, 0.5) is 0 Å². The Balaban J connectivity index is 0.00000161. The molecule has 2 aromatic carbocycles. The quantitative estimate of drug-likeness (QED) is 0.537. The van der Waals surface area contributed by atoms with E-state index in [4.69, 9.17) is 4.74 Å². The second kappa shape index (κ2) is 7.31. The minimum Gasteiger partial charge on any atom is -1.00 e. The molecule has 1 aliphatic rings. The molecule has 4 heteroatoms. The number of halogens is 1. The van der Waals surface area contributed by atoms with Gasteiger partial charge in [0.05, 0.1) is 5.25 Å². The Hall–Kier alpha value is -1.01. The Bertz CT molecular complexity index is 562. The molecule has 0 N–H and O–H groups in total. The zero-order valence-corrected chi connectivity index (χ0v) is 15.0. The first-order chi connectivity index (χ1) is 9.75. The molecule has 1 aliphatic heterocycles. The van der Waals surface area contributed by atoms with E-state index in [2.05, 4.69) is 54.6 Å². The molecule has 21 heavy (non-hydrogen) atoms. The number of hydrogen-bond donors (Lipinski definition) is 0. The van der Waals surface area contributed by atoms with Gasteiger partial charge < -0.3 is 28.7 Å². The lowest BCUT2D eigenvalue weighted by molar-refractivity contribution is -0.471. The smallest absolute Gasteiger partial charge is 0.401 e. The third-order valence-corrected chi connectivity index (χ3v) is 4.79. The number of hydrogen-bond acceptors (Lipinski definition) is 2. The van der Waals surface area contributed by atoms with Gasteiger partial charge in [-0.2, -0.15) is 4.58 Å². The van der Waals surface area contributed by atoms with Crippen LogP contribution >= 0.6 is 11.8 Å². The number of rotatable bonds is 2. The van der Waals surface area contributed by atoms with Crippen molar-refractivity contribution in [2.75, 3.05) is 14.1 Å². The summed E-state index contributed by atoms with van der Waals surface area (Å²) in [5.41, 5.74) is 2.54. The lowest BCUT2D eigenvalue weighted by Crippen LogP contribution is -3.00. The van der Waals surface area contributed by atoms with Gasteiger partial charge in [-0.3, -0.25) is 0 Å². The molecule has 0 bridgehead atoms. The van der Waals surface area contributed by atoms with Gasteiger partial charge in [-0.25, -0.2) is 0 Å². The zero-order chi connectivity index (χ0) is 13.9. The maximum Gasteiger partial charge on any atom is 0.401 e. The number of thioether (sulfide) groups is 1. The fourth-order valence-corrected chi connectivity index (χ4v) is 3.57. The highest BCUT2D eigenvalue weighted by molar-refractivity contribution is 8.13. The number of benzene rings is 2. The van der Waals surface area contributed by atoms with Crippen molar-refractivity contribution in [3.05, 3.63) is 71.8 Å². The van der Waals surface area contributed by atoms with Crippen LogP contribution in [0.2, 0.25) is 0 Å². The summed E-state index contributed by atoms with van der Waals surface area (Å²) < 4.78 is 8.23. The average molecular weight is 411 g/mol. The van der Waals surface area contributed by atoms with Gasteiger partial charge in [-0.05, 0) is 22.9 Å². The van der Waals surface area contributed by atoms with E-state index in [0.717, 1.165) is 5.23 Å². The molecule has 3 rings (SSSR count). The molecule has 2 atom stereocenters. The molecule has 0 radical (unpaired) electrons. The van der Waals surface area contributed by atoms with Gasteiger partial charge in [0.15, 0.2) is 0 Å². The van der Waals surface area contributed by atoms with Crippen LogP contribution in [0.5, 0.6) is 0 Å². The summed E-state index contributed by atoms with van der Waals surface area (Å²) in [4.78, 5) is 0. The molecule has 2 nitrogen and oxygen atoms in total. The Labute approximate surface area is 147 Å². The van der Waals surface area contributed by atoms with Gasteiger partial charge in [0.2, 0.25) is 0 Å². The van der Waals surface area contributed by atoms with Crippen LogP contribution in [-0.2, 0) is 4.74 Å². The molecule has 0 amide bonds. The Morgan fingerprint density at radius 2 is 1.38 bits per heavy atom. The fraction of sp³-hybridized carbons (Fsp3) is 0.235. The molecule has 0 aliphatic carbocycles. The van der Waals surface area contributed by atoms with E-state index < -0.39 is 0 Å². The first kappa shape index (κ1) is 16.4. The summed E-state index contributed by atoms with van der Waals surface area (Å²) in [6.45, 7) is 0. The maximum absolute atomic E-state index is 6.18. The molecular weight excluding hydrogens is 393 g/mol. The lowest BCUT2D eigenvalue weighted by atomic mass is 10.0. The lowest BCUT2D eigenvalue weighted by Gasteiger charge is -2.16. The van der Waals surface area contributed by atoms with E-state index in [-0.39, 0.29) is 30.1 Å². The van der Waals surface area contributed by atoms with Crippen molar-refractivity contribution < 1.29 is 33.3 Å². The van der Waals surface area contributed by atoms with Crippen molar-refractivity contribution in [2.24, 2.45) is 0 Å². The molecule has 110 valence electrons. The van der Waals surface area contributed by atoms with Crippen molar-refractivity contribution in [1.82, 2.24) is 0 Å². The normalized spacial score (nSPS) is 20.6. The monoisotopic (exact) mass is 411 g/mol. The first-order valence-electron chi connectivity index (χ1n) is 6.73. The van der Waals surface area contributed by atoms with Crippen molar-refractivity contribution in [2.45, 2.75) is 11.4 Å². The topological polar surface area (TPSA) is 12.2 Å².